The molecule has 1 aromatic carbocycles. The minimum Gasteiger partial charge on any atom is -0.493 e. The average molecular weight is 306 g/mol. The topological polar surface area (TPSA) is 130 Å². The zero-order valence-electron chi connectivity index (χ0n) is 12.0. The Morgan fingerprint density at radius 3 is 2.86 bits per heavy atom. The molecule has 0 aliphatic rings. The molecule has 0 spiro atoms. The molecule has 116 valence electrons. The number of H-pyrrole nitrogens is 1. The van der Waals surface area contributed by atoms with Gasteiger partial charge >= 0.3 is 5.97 Å². The van der Waals surface area contributed by atoms with Gasteiger partial charge in [-0.05, 0) is 19.4 Å². The number of aromatic nitrogens is 1. The molecule has 1 heterocycles. The van der Waals surface area contributed by atoms with Gasteiger partial charge in [0.25, 0.3) is 5.69 Å². The molecule has 9 nitrogen and oxygen atoms in total. The first-order chi connectivity index (χ1) is 10.4. The molecule has 1 aromatic heterocycles. The highest BCUT2D eigenvalue weighted by Gasteiger charge is 2.17. The summed E-state index contributed by atoms with van der Waals surface area (Å²) in [4.78, 5) is 24.2. The van der Waals surface area contributed by atoms with Gasteiger partial charge in [-0.1, -0.05) is 0 Å². The highest BCUT2D eigenvalue weighted by Crippen LogP contribution is 2.38. The van der Waals surface area contributed by atoms with E-state index in [0.29, 0.717) is 16.5 Å². The summed E-state index contributed by atoms with van der Waals surface area (Å²) in [5.74, 6) is -0.820. The summed E-state index contributed by atoms with van der Waals surface area (Å²) in [6, 6.07) is 2.68. The number of aromatic hydroxyl groups is 1. The van der Waals surface area contributed by atoms with Gasteiger partial charge < -0.3 is 14.8 Å². The maximum Gasteiger partial charge on any atom is 0.329 e. The number of hydrogen-bond donors (Lipinski definition) is 2. The number of ether oxygens (including phenoxy) is 1. The van der Waals surface area contributed by atoms with Crippen LogP contribution in [0.25, 0.3) is 10.9 Å². The summed E-state index contributed by atoms with van der Waals surface area (Å²) >= 11 is 0. The van der Waals surface area contributed by atoms with Crippen molar-refractivity contribution in [3.05, 3.63) is 27.8 Å². The van der Waals surface area contributed by atoms with Crippen molar-refractivity contribution in [2.45, 2.75) is 13.8 Å². The molecule has 9 heteroatoms. The van der Waals surface area contributed by atoms with Crippen LogP contribution in [0.3, 0.4) is 0 Å². The summed E-state index contributed by atoms with van der Waals surface area (Å²) < 4.78 is 4.70. The molecule has 0 aliphatic carbocycles. The number of hydrogen-bond acceptors (Lipinski definition) is 7. The van der Waals surface area contributed by atoms with Crippen molar-refractivity contribution in [1.29, 1.82) is 0 Å². The number of aromatic amines is 1. The molecular formula is C13H14N4O5. The lowest BCUT2D eigenvalue weighted by atomic mass is 10.1. The Labute approximate surface area is 124 Å². The Bertz CT molecular complexity index is 765. The van der Waals surface area contributed by atoms with Crippen molar-refractivity contribution in [3.8, 4) is 5.88 Å². The number of azo groups is 1. The second kappa shape index (κ2) is 6.20. The number of rotatable bonds is 5. The normalized spacial score (nSPS) is 11.2. The lowest BCUT2D eigenvalue weighted by molar-refractivity contribution is -0.384. The summed E-state index contributed by atoms with van der Waals surface area (Å²) in [6.07, 6.45) is 0. The van der Waals surface area contributed by atoms with E-state index in [-0.39, 0.29) is 30.4 Å². The number of fused-ring (bicyclic) bond motifs is 1. The Morgan fingerprint density at radius 1 is 1.50 bits per heavy atom. The van der Waals surface area contributed by atoms with Crippen molar-refractivity contribution in [2.75, 3.05) is 13.2 Å². The number of nitro benzene ring substituents is 1. The van der Waals surface area contributed by atoms with Crippen molar-refractivity contribution in [3.63, 3.8) is 0 Å². The number of carbonyl (C=O) groups excluding carboxylic acids is 1. The van der Waals surface area contributed by atoms with Gasteiger partial charge in [-0.15, -0.1) is 5.11 Å². The molecule has 0 amide bonds. The van der Waals surface area contributed by atoms with Crippen molar-refractivity contribution in [1.82, 2.24) is 4.98 Å². The van der Waals surface area contributed by atoms with Crippen LogP contribution < -0.4 is 0 Å². The van der Waals surface area contributed by atoms with Crippen LogP contribution in [0.4, 0.5) is 11.4 Å². The second-order valence-electron chi connectivity index (χ2n) is 4.47. The molecule has 0 fully saturated rings. The average Bonchev–Trinajstić information content (AvgIpc) is 2.76. The van der Waals surface area contributed by atoms with Gasteiger partial charge in [-0.2, -0.15) is 5.11 Å². The fraction of sp³-hybridized carbons (Fsp3) is 0.308. The first kappa shape index (κ1) is 15.4. The third-order valence-electron chi connectivity index (χ3n) is 2.93. The van der Waals surface area contributed by atoms with E-state index in [2.05, 4.69) is 15.2 Å². The maximum absolute atomic E-state index is 11.2. The third-order valence-corrected chi connectivity index (χ3v) is 2.93. The van der Waals surface area contributed by atoms with Crippen LogP contribution in [-0.4, -0.2) is 34.1 Å². The van der Waals surface area contributed by atoms with Gasteiger partial charge in [0.15, 0.2) is 12.2 Å². The molecule has 2 N–H and O–H groups in total. The molecule has 0 aliphatic heterocycles. The zero-order chi connectivity index (χ0) is 16.3. The van der Waals surface area contributed by atoms with Crippen LogP contribution in [-0.2, 0) is 9.53 Å². The predicted molar refractivity (Wildman–Crippen MR) is 77.4 cm³/mol. The number of nitrogens with one attached hydrogen (secondary N) is 1. The first-order valence-corrected chi connectivity index (χ1v) is 6.46. The molecule has 0 atom stereocenters. The number of aryl methyl sites for hydroxylation is 1. The Hall–Kier alpha value is -2.97. The van der Waals surface area contributed by atoms with Crippen LogP contribution in [0.15, 0.2) is 22.4 Å². The first-order valence-electron chi connectivity index (χ1n) is 6.46. The van der Waals surface area contributed by atoms with E-state index in [1.165, 1.54) is 12.1 Å². The largest absolute Gasteiger partial charge is 0.493 e. The van der Waals surface area contributed by atoms with Crippen LogP contribution >= 0.6 is 0 Å². The standard InChI is InChI=1S/C13H14N4O5/c1-3-22-10(18)6-14-16-12-9-5-8(17(20)21)4-7(2)11(9)15-13(12)19/h4-5,15,19H,3,6H2,1-2H3. The van der Waals surface area contributed by atoms with Crippen LogP contribution in [0, 0.1) is 17.0 Å². The minimum absolute atomic E-state index is 0.0473. The van der Waals surface area contributed by atoms with Gasteiger partial charge in [0.1, 0.15) is 0 Å². The number of nitrogens with zero attached hydrogens (tertiary/aromatic N) is 3. The van der Waals surface area contributed by atoms with Gasteiger partial charge in [0, 0.05) is 17.5 Å². The molecule has 2 aromatic rings. The van der Waals surface area contributed by atoms with Crippen molar-refractivity contribution in [2.24, 2.45) is 10.2 Å². The molecule has 0 radical (unpaired) electrons. The highest BCUT2D eigenvalue weighted by atomic mass is 16.6. The smallest absolute Gasteiger partial charge is 0.329 e. The minimum atomic E-state index is -0.548. The van der Waals surface area contributed by atoms with Crippen LogP contribution in [0.1, 0.15) is 12.5 Å². The number of carbonyl (C=O) groups is 1. The Balaban J connectivity index is 2.40. The quantitative estimate of drug-likeness (QED) is 0.379. The van der Waals surface area contributed by atoms with E-state index in [0.717, 1.165) is 0 Å². The van der Waals surface area contributed by atoms with Crippen molar-refractivity contribution >= 4 is 28.2 Å². The third kappa shape index (κ3) is 3.03. The van der Waals surface area contributed by atoms with Gasteiger partial charge in [-0.25, -0.2) is 4.79 Å². The maximum atomic E-state index is 11.2. The van der Waals surface area contributed by atoms with Crippen molar-refractivity contribution < 1.29 is 19.6 Å². The predicted octanol–water partition coefficient (Wildman–Crippen LogP) is 2.74. The van der Waals surface area contributed by atoms with Gasteiger partial charge in [0.05, 0.1) is 17.0 Å². The molecule has 0 saturated heterocycles. The fourth-order valence-corrected chi connectivity index (χ4v) is 2.00. The highest BCUT2D eigenvalue weighted by molar-refractivity contribution is 5.97. The second-order valence-corrected chi connectivity index (χ2v) is 4.47. The summed E-state index contributed by atoms with van der Waals surface area (Å²) in [5, 5.41) is 28.6. The molecule has 0 saturated carbocycles. The van der Waals surface area contributed by atoms with E-state index in [1.54, 1.807) is 13.8 Å². The van der Waals surface area contributed by atoms with E-state index in [1.807, 2.05) is 0 Å². The molecule has 2 rings (SSSR count). The lowest BCUT2D eigenvalue weighted by Crippen LogP contribution is -2.06. The van der Waals surface area contributed by atoms with E-state index >= 15 is 0 Å². The van der Waals surface area contributed by atoms with Crippen LogP contribution in [0.5, 0.6) is 5.88 Å². The molecule has 0 unspecified atom stereocenters. The fourth-order valence-electron chi connectivity index (χ4n) is 2.00. The van der Waals surface area contributed by atoms with E-state index < -0.39 is 10.9 Å². The number of nitro groups is 1. The van der Waals surface area contributed by atoms with Gasteiger partial charge in [-0.3, -0.25) is 10.1 Å². The van der Waals surface area contributed by atoms with Crippen LogP contribution in [0.2, 0.25) is 0 Å². The van der Waals surface area contributed by atoms with E-state index in [4.69, 9.17) is 4.74 Å². The molecular weight excluding hydrogens is 292 g/mol. The summed E-state index contributed by atoms with van der Waals surface area (Å²) in [6.45, 7) is 3.28. The lowest BCUT2D eigenvalue weighted by Gasteiger charge is -1.98. The molecule has 0 bridgehead atoms. The monoisotopic (exact) mass is 306 g/mol. The number of non-ortho nitro benzene ring substituents is 1. The van der Waals surface area contributed by atoms with E-state index in [9.17, 15) is 20.0 Å². The zero-order valence-corrected chi connectivity index (χ0v) is 12.0. The Morgan fingerprint density at radius 2 is 2.23 bits per heavy atom. The Kier molecular flexibility index (Phi) is 4.35. The SMILES string of the molecule is CCOC(=O)CN=Nc1c(O)[nH]c2c(C)cc([N+](=O)[O-])cc12. The summed E-state index contributed by atoms with van der Waals surface area (Å²) in [7, 11) is 0. The summed E-state index contributed by atoms with van der Waals surface area (Å²) in [5.41, 5.74) is 1.04. The molecule has 22 heavy (non-hydrogen) atoms. The number of benzene rings is 1. The van der Waals surface area contributed by atoms with Gasteiger partial charge in [0.2, 0.25) is 5.88 Å². The number of esters is 1.